The zero-order valence-electron chi connectivity index (χ0n) is 17.0. The standard InChI is InChI=1S/C24H25ClN2O2/c1-15-4-6-18(7-5-15)21-22(26-13-16(2)12-17(3)14-26)24(29)27(23(21)28)20-10-8-19(25)9-11-20/h4-11,16-17H,12-14H2,1-3H3. The van der Waals surface area contributed by atoms with E-state index in [0.717, 1.165) is 30.6 Å². The predicted molar refractivity (Wildman–Crippen MR) is 117 cm³/mol. The first-order valence-electron chi connectivity index (χ1n) is 10.1. The van der Waals surface area contributed by atoms with Crippen LogP contribution >= 0.6 is 11.6 Å². The van der Waals surface area contributed by atoms with E-state index < -0.39 is 0 Å². The Morgan fingerprint density at radius 3 is 2.03 bits per heavy atom. The molecule has 1 fully saturated rings. The molecule has 2 heterocycles. The zero-order valence-corrected chi connectivity index (χ0v) is 17.7. The predicted octanol–water partition coefficient (Wildman–Crippen LogP) is 4.91. The molecule has 150 valence electrons. The fraction of sp³-hybridized carbons (Fsp3) is 0.333. The van der Waals surface area contributed by atoms with Crippen LogP contribution in [0.2, 0.25) is 5.02 Å². The van der Waals surface area contributed by atoms with Crippen molar-refractivity contribution in [2.75, 3.05) is 18.0 Å². The molecule has 0 spiro atoms. The lowest BCUT2D eigenvalue weighted by atomic mass is 9.91. The van der Waals surface area contributed by atoms with Crippen LogP contribution < -0.4 is 4.90 Å². The number of likely N-dealkylation sites (tertiary alicyclic amines) is 1. The largest absolute Gasteiger partial charge is 0.366 e. The van der Waals surface area contributed by atoms with Gasteiger partial charge in [0.05, 0.1) is 11.3 Å². The van der Waals surface area contributed by atoms with E-state index in [0.29, 0.717) is 33.8 Å². The van der Waals surface area contributed by atoms with E-state index >= 15 is 0 Å². The van der Waals surface area contributed by atoms with Gasteiger partial charge in [-0.25, -0.2) is 4.90 Å². The van der Waals surface area contributed by atoms with Gasteiger partial charge in [-0.15, -0.1) is 0 Å². The van der Waals surface area contributed by atoms with E-state index in [4.69, 9.17) is 11.6 Å². The fourth-order valence-corrected chi connectivity index (χ4v) is 4.59. The number of carbonyl (C=O) groups is 2. The van der Waals surface area contributed by atoms with E-state index in [-0.39, 0.29) is 11.8 Å². The lowest BCUT2D eigenvalue weighted by Crippen LogP contribution is -2.42. The summed E-state index contributed by atoms with van der Waals surface area (Å²) in [5, 5.41) is 0.568. The van der Waals surface area contributed by atoms with Gasteiger partial charge in [0.1, 0.15) is 5.70 Å². The van der Waals surface area contributed by atoms with Crippen molar-refractivity contribution in [1.82, 2.24) is 4.90 Å². The van der Waals surface area contributed by atoms with Gasteiger partial charge in [0.15, 0.2) is 0 Å². The van der Waals surface area contributed by atoms with Crippen molar-refractivity contribution in [3.63, 3.8) is 0 Å². The summed E-state index contributed by atoms with van der Waals surface area (Å²) in [7, 11) is 0. The quantitative estimate of drug-likeness (QED) is 0.677. The summed E-state index contributed by atoms with van der Waals surface area (Å²) in [6, 6.07) is 14.6. The number of piperidine rings is 1. The molecule has 2 aliphatic heterocycles. The molecule has 4 nitrogen and oxygen atoms in total. The Hall–Kier alpha value is -2.59. The molecule has 2 amide bonds. The number of nitrogens with zero attached hydrogens (tertiary/aromatic N) is 2. The summed E-state index contributed by atoms with van der Waals surface area (Å²) in [5.41, 5.74) is 3.45. The Labute approximate surface area is 176 Å². The number of aryl methyl sites for hydroxylation is 1. The molecule has 0 radical (unpaired) electrons. The highest BCUT2D eigenvalue weighted by atomic mass is 35.5. The Kier molecular flexibility index (Phi) is 5.22. The average molecular weight is 409 g/mol. The topological polar surface area (TPSA) is 40.6 Å². The fourth-order valence-electron chi connectivity index (χ4n) is 4.46. The Morgan fingerprint density at radius 2 is 1.45 bits per heavy atom. The van der Waals surface area contributed by atoms with Gasteiger partial charge in [-0.3, -0.25) is 9.59 Å². The van der Waals surface area contributed by atoms with Crippen molar-refractivity contribution in [1.29, 1.82) is 0 Å². The van der Waals surface area contributed by atoms with Gasteiger partial charge in [0.2, 0.25) is 0 Å². The summed E-state index contributed by atoms with van der Waals surface area (Å²) >= 11 is 6.01. The first kappa shape index (κ1) is 19.7. The van der Waals surface area contributed by atoms with E-state index in [1.54, 1.807) is 24.3 Å². The van der Waals surface area contributed by atoms with Crippen molar-refractivity contribution in [2.45, 2.75) is 27.2 Å². The smallest absolute Gasteiger partial charge is 0.282 e. The van der Waals surface area contributed by atoms with Gasteiger partial charge >= 0.3 is 0 Å². The summed E-state index contributed by atoms with van der Waals surface area (Å²) in [5.74, 6) is 0.409. The number of carbonyl (C=O) groups excluding carboxylic acids is 2. The van der Waals surface area contributed by atoms with E-state index in [9.17, 15) is 9.59 Å². The minimum absolute atomic E-state index is 0.255. The number of benzene rings is 2. The van der Waals surface area contributed by atoms with Crippen LogP contribution in [0.3, 0.4) is 0 Å². The number of amides is 2. The molecule has 2 aliphatic rings. The number of anilines is 1. The molecule has 1 saturated heterocycles. The molecule has 0 saturated carbocycles. The molecule has 2 aromatic carbocycles. The lowest BCUT2D eigenvalue weighted by Gasteiger charge is -2.37. The van der Waals surface area contributed by atoms with Crippen LogP contribution in [0.25, 0.3) is 5.57 Å². The van der Waals surface area contributed by atoms with Crippen molar-refractivity contribution in [2.24, 2.45) is 11.8 Å². The highest BCUT2D eigenvalue weighted by Gasteiger charge is 2.43. The molecule has 0 bridgehead atoms. The van der Waals surface area contributed by atoms with Crippen LogP contribution in [-0.4, -0.2) is 29.8 Å². The summed E-state index contributed by atoms with van der Waals surface area (Å²) < 4.78 is 0. The third-order valence-corrected chi connectivity index (χ3v) is 5.92. The van der Waals surface area contributed by atoms with Crippen molar-refractivity contribution >= 4 is 34.7 Å². The zero-order chi connectivity index (χ0) is 20.7. The number of imide groups is 1. The summed E-state index contributed by atoms with van der Waals surface area (Å²) in [4.78, 5) is 30.4. The van der Waals surface area contributed by atoms with Crippen LogP contribution in [0.4, 0.5) is 5.69 Å². The van der Waals surface area contributed by atoms with E-state index in [1.165, 1.54) is 4.90 Å². The Bertz CT molecular complexity index is 969. The maximum atomic E-state index is 13.5. The SMILES string of the molecule is Cc1ccc(C2=C(N3CC(C)CC(C)C3)C(=O)N(c3ccc(Cl)cc3)C2=O)cc1. The molecule has 0 N–H and O–H groups in total. The second-order valence-corrected chi connectivity index (χ2v) is 8.80. The normalized spacial score (nSPS) is 22.6. The van der Waals surface area contributed by atoms with Crippen molar-refractivity contribution < 1.29 is 9.59 Å². The van der Waals surface area contributed by atoms with Gasteiger partial charge in [-0.05, 0) is 55.0 Å². The van der Waals surface area contributed by atoms with E-state index in [2.05, 4.69) is 18.7 Å². The maximum Gasteiger partial charge on any atom is 0.282 e. The number of halogens is 1. The highest BCUT2D eigenvalue weighted by Crippen LogP contribution is 2.37. The Balaban J connectivity index is 1.82. The second kappa shape index (κ2) is 7.68. The highest BCUT2D eigenvalue weighted by molar-refractivity contribution is 6.45. The van der Waals surface area contributed by atoms with Crippen LogP contribution in [0, 0.1) is 18.8 Å². The molecule has 0 aliphatic carbocycles. The molecular formula is C24H25ClN2O2. The first-order chi connectivity index (χ1) is 13.8. The van der Waals surface area contributed by atoms with Crippen LogP contribution in [-0.2, 0) is 9.59 Å². The molecule has 29 heavy (non-hydrogen) atoms. The summed E-state index contributed by atoms with van der Waals surface area (Å²) in [6.07, 6.45) is 1.13. The molecule has 5 heteroatoms. The minimum Gasteiger partial charge on any atom is -0.366 e. The first-order valence-corrected chi connectivity index (χ1v) is 10.4. The molecule has 2 atom stereocenters. The van der Waals surface area contributed by atoms with Gasteiger partial charge in [-0.2, -0.15) is 0 Å². The number of hydrogen-bond acceptors (Lipinski definition) is 3. The van der Waals surface area contributed by atoms with Crippen molar-refractivity contribution in [3.8, 4) is 0 Å². The second-order valence-electron chi connectivity index (χ2n) is 8.36. The van der Waals surface area contributed by atoms with Crippen LogP contribution in [0.5, 0.6) is 0 Å². The Morgan fingerprint density at radius 1 is 0.862 bits per heavy atom. The average Bonchev–Trinajstić information content (AvgIpc) is 2.93. The van der Waals surface area contributed by atoms with Gasteiger partial charge in [0, 0.05) is 18.1 Å². The number of hydrogen-bond donors (Lipinski definition) is 0. The summed E-state index contributed by atoms with van der Waals surface area (Å²) in [6.45, 7) is 7.97. The maximum absolute atomic E-state index is 13.5. The monoisotopic (exact) mass is 408 g/mol. The molecule has 2 aromatic rings. The van der Waals surface area contributed by atoms with Gasteiger partial charge < -0.3 is 4.90 Å². The van der Waals surface area contributed by atoms with Crippen molar-refractivity contribution in [3.05, 3.63) is 70.4 Å². The molecule has 4 rings (SSSR count). The minimum atomic E-state index is -0.276. The molecule has 2 unspecified atom stereocenters. The lowest BCUT2D eigenvalue weighted by molar-refractivity contribution is -0.120. The van der Waals surface area contributed by atoms with Crippen LogP contribution in [0.15, 0.2) is 54.2 Å². The number of rotatable bonds is 3. The third kappa shape index (κ3) is 3.69. The molecule has 0 aromatic heterocycles. The van der Waals surface area contributed by atoms with Gasteiger partial charge in [-0.1, -0.05) is 55.3 Å². The molecular weight excluding hydrogens is 384 g/mol. The third-order valence-electron chi connectivity index (χ3n) is 5.67. The van der Waals surface area contributed by atoms with Gasteiger partial charge in [0.25, 0.3) is 11.8 Å². The van der Waals surface area contributed by atoms with E-state index in [1.807, 2.05) is 31.2 Å². The van der Waals surface area contributed by atoms with Crippen LogP contribution in [0.1, 0.15) is 31.4 Å².